The lowest BCUT2D eigenvalue weighted by Gasteiger charge is -2.12. The Labute approximate surface area is 136 Å². The Morgan fingerprint density at radius 3 is 2.62 bits per heavy atom. The average molecular weight is 324 g/mol. The van der Waals surface area contributed by atoms with Gasteiger partial charge in [0.05, 0.1) is 7.11 Å². The fourth-order valence-corrected chi connectivity index (χ4v) is 2.54. The number of hydrogen-bond donors (Lipinski definition) is 1. The second-order valence-corrected chi connectivity index (χ2v) is 5.67. The highest BCUT2D eigenvalue weighted by atomic mass is 35.5. The zero-order valence-electron chi connectivity index (χ0n) is 12.2. The molecule has 0 atom stereocenters. The van der Waals surface area contributed by atoms with E-state index in [2.05, 4.69) is 18.3 Å². The van der Waals surface area contributed by atoms with Crippen molar-refractivity contribution in [3.8, 4) is 16.9 Å². The Bertz CT molecular complexity index is 614. The zero-order valence-corrected chi connectivity index (χ0v) is 13.8. The molecular weight excluding hydrogens is 305 g/mol. The van der Waals surface area contributed by atoms with E-state index in [9.17, 15) is 0 Å². The van der Waals surface area contributed by atoms with Crippen LogP contribution in [0.1, 0.15) is 18.9 Å². The molecule has 2 nitrogen and oxygen atoms in total. The standard InChI is InChI=1S/C17H19Cl2NO/c1-3-8-20-11-13-9-12(4-6-16(13)19)15-10-14(18)5-7-17(15)21-2/h4-7,9-10,20H,3,8,11H2,1-2H3. The second-order valence-electron chi connectivity index (χ2n) is 4.83. The van der Waals surface area contributed by atoms with Gasteiger partial charge in [-0.25, -0.2) is 0 Å². The number of hydrogen-bond acceptors (Lipinski definition) is 2. The van der Waals surface area contributed by atoms with Crippen LogP contribution in [0.15, 0.2) is 36.4 Å². The van der Waals surface area contributed by atoms with E-state index >= 15 is 0 Å². The van der Waals surface area contributed by atoms with Gasteiger partial charge in [0.1, 0.15) is 5.75 Å². The fourth-order valence-electron chi connectivity index (χ4n) is 2.18. The van der Waals surface area contributed by atoms with Gasteiger partial charge in [-0.1, -0.05) is 36.2 Å². The molecule has 0 bridgehead atoms. The smallest absolute Gasteiger partial charge is 0.126 e. The van der Waals surface area contributed by atoms with Crippen molar-refractivity contribution in [2.75, 3.05) is 13.7 Å². The molecule has 0 fully saturated rings. The molecule has 21 heavy (non-hydrogen) atoms. The molecule has 2 rings (SSSR count). The first-order valence-corrected chi connectivity index (χ1v) is 7.74. The van der Waals surface area contributed by atoms with Crippen LogP contribution < -0.4 is 10.1 Å². The maximum absolute atomic E-state index is 6.27. The molecule has 4 heteroatoms. The van der Waals surface area contributed by atoms with Crippen LogP contribution >= 0.6 is 23.2 Å². The van der Waals surface area contributed by atoms with Gasteiger partial charge in [0.15, 0.2) is 0 Å². The van der Waals surface area contributed by atoms with E-state index in [0.717, 1.165) is 47.0 Å². The summed E-state index contributed by atoms with van der Waals surface area (Å²) in [5.41, 5.74) is 3.09. The number of benzene rings is 2. The van der Waals surface area contributed by atoms with Crippen LogP contribution in [-0.2, 0) is 6.54 Å². The fraction of sp³-hybridized carbons (Fsp3) is 0.294. The highest BCUT2D eigenvalue weighted by molar-refractivity contribution is 6.31. The van der Waals surface area contributed by atoms with E-state index in [1.807, 2.05) is 30.3 Å². The van der Waals surface area contributed by atoms with E-state index in [1.54, 1.807) is 7.11 Å². The molecule has 0 unspecified atom stereocenters. The minimum atomic E-state index is 0.686. The van der Waals surface area contributed by atoms with Crippen LogP contribution in [0.2, 0.25) is 10.0 Å². The summed E-state index contributed by atoms with van der Waals surface area (Å²) in [7, 11) is 1.66. The SMILES string of the molecule is CCCNCc1cc(-c2cc(Cl)ccc2OC)ccc1Cl. The molecule has 2 aromatic carbocycles. The van der Waals surface area contributed by atoms with Crippen LogP contribution in [0.25, 0.3) is 11.1 Å². The van der Waals surface area contributed by atoms with Crippen molar-refractivity contribution in [3.05, 3.63) is 52.0 Å². The molecule has 1 N–H and O–H groups in total. The lowest BCUT2D eigenvalue weighted by Crippen LogP contribution is -2.14. The van der Waals surface area contributed by atoms with Crippen molar-refractivity contribution in [2.45, 2.75) is 19.9 Å². The van der Waals surface area contributed by atoms with Gasteiger partial charge in [0, 0.05) is 22.2 Å². The van der Waals surface area contributed by atoms with Gasteiger partial charge in [-0.2, -0.15) is 0 Å². The van der Waals surface area contributed by atoms with Crippen LogP contribution in [0.3, 0.4) is 0 Å². The quantitative estimate of drug-likeness (QED) is 0.740. The first kappa shape index (κ1) is 16.2. The van der Waals surface area contributed by atoms with Gasteiger partial charge < -0.3 is 10.1 Å². The first-order chi connectivity index (χ1) is 10.2. The molecule has 0 amide bonds. The Balaban J connectivity index is 2.36. The van der Waals surface area contributed by atoms with Crippen LogP contribution in [-0.4, -0.2) is 13.7 Å². The molecule has 0 radical (unpaired) electrons. The van der Waals surface area contributed by atoms with Crippen molar-refractivity contribution >= 4 is 23.2 Å². The molecule has 0 saturated carbocycles. The lowest BCUT2D eigenvalue weighted by atomic mass is 10.0. The Morgan fingerprint density at radius 2 is 1.90 bits per heavy atom. The monoisotopic (exact) mass is 323 g/mol. The summed E-state index contributed by atoms with van der Waals surface area (Å²) < 4.78 is 5.42. The molecular formula is C17H19Cl2NO. The number of ether oxygens (including phenoxy) is 1. The van der Waals surface area contributed by atoms with Crippen molar-refractivity contribution in [1.29, 1.82) is 0 Å². The van der Waals surface area contributed by atoms with E-state index in [4.69, 9.17) is 27.9 Å². The van der Waals surface area contributed by atoms with E-state index in [-0.39, 0.29) is 0 Å². The van der Waals surface area contributed by atoms with Crippen molar-refractivity contribution in [1.82, 2.24) is 5.32 Å². The predicted octanol–water partition coefficient (Wildman–Crippen LogP) is 5.17. The largest absolute Gasteiger partial charge is 0.496 e. The normalized spacial score (nSPS) is 10.7. The van der Waals surface area contributed by atoms with Gasteiger partial charge in [-0.3, -0.25) is 0 Å². The van der Waals surface area contributed by atoms with Gasteiger partial charge in [0.2, 0.25) is 0 Å². The topological polar surface area (TPSA) is 21.3 Å². The molecule has 112 valence electrons. The van der Waals surface area contributed by atoms with Gasteiger partial charge in [0.25, 0.3) is 0 Å². The summed E-state index contributed by atoms with van der Waals surface area (Å²) in [4.78, 5) is 0. The molecule has 0 spiro atoms. The van der Waals surface area contributed by atoms with Crippen molar-refractivity contribution in [3.63, 3.8) is 0 Å². The summed E-state index contributed by atoms with van der Waals surface area (Å²) >= 11 is 12.4. The minimum Gasteiger partial charge on any atom is -0.496 e. The summed E-state index contributed by atoms with van der Waals surface area (Å²) in [5, 5.41) is 4.82. The van der Waals surface area contributed by atoms with Crippen LogP contribution in [0.4, 0.5) is 0 Å². The molecule has 0 aromatic heterocycles. The highest BCUT2D eigenvalue weighted by Crippen LogP contribution is 2.34. The number of rotatable bonds is 6. The third-order valence-corrected chi connectivity index (χ3v) is 3.86. The number of methoxy groups -OCH3 is 1. The maximum Gasteiger partial charge on any atom is 0.126 e. The molecule has 0 saturated heterocycles. The lowest BCUT2D eigenvalue weighted by molar-refractivity contribution is 0.416. The van der Waals surface area contributed by atoms with Gasteiger partial charge >= 0.3 is 0 Å². The van der Waals surface area contributed by atoms with E-state index < -0.39 is 0 Å². The van der Waals surface area contributed by atoms with Crippen LogP contribution in [0, 0.1) is 0 Å². The number of halogens is 2. The van der Waals surface area contributed by atoms with E-state index in [0.29, 0.717) is 5.02 Å². The summed E-state index contributed by atoms with van der Waals surface area (Å²) in [6, 6.07) is 11.6. The van der Waals surface area contributed by atoms with Gasteiger partial charge in [-0.15, -0.1) is 0 Å². The third-order valence-electron chi connectivity index (χ3n) is 3.26. The van der Waals surface area contributed by atoms with Crippen LogP contribution in [0.5, 0.6) is 5.75 Å². The van der Waals surface area contributed by atoms with Crippen molar-refractivity contribution < 1.29 is 4.74 Å². The molecule has 0 heterocycles. The maximum atomic E-state index is 6.27. The molecule has 2 aromatic rings. The minimum absolute atomic E-state index is 0.686. The van der Waals surface area contributed by atoms with Gasteiger partial charge in [-0.05, 0) is 54.4 Å². The Morgan fingerprint density at radius 1 is 1.10 bits per heavy atom. The Hall–Kier alpha value is -1.22. The summed E-state index contributed by atoms with van der Waals surface area (Å²) in [6.07, 6.45) is 1.10. The molecule has 0 aliphatic heterocycles. The summed E-state index contributed by atoms with van der Waals surface area (Å²) in [5.74, 6) is 0.800. The molecule has 0 aliphatic carbocycles. The first-order valence-electron chi connectivity index (χ1n) is 6.98. The average Bonchev–Trinajstić information content (AvgIpc) is 2.49. The van der Waals surface area contributed by atoms with E-state index in [1.165, 1.54) is 0 Å². The predicted molar refractivity (Wildman–Crippen MR) is 90.4 cm³/mol. The third kappa shape index (κ3) is 4.13. The second kappa shape index (κ2) is 7.69. The summed E-state index contributed by atoms with van der Waals surface area (Å²) in [6.45, 7) is 3.87. The van der Waals surface area contributed by atoms with Crippen molar-refractivity contribution in [2.24, 2.45) is 0 Å². The highest BCUT2D eigenvalue weighted by Gasteiger charge is 2.09. The number of nitrogens with one attached hydrogen (secondary N) is 1. The zero-order chi connectivity index (χ0) is 15.2. The Kier molecular flexibility index (Phi) is 5.92. The molecule has 0 aliphatic rings.